The highest BCUT2D eigenvalue weighted by Crippen LogP contribution is 2.41. The second kappa shape index (κ2) is 7.10. The highest BCUT2D eigenvalue weighted by molar-refractivity contribution is 5.57. The van der Waals surface area contributed by atoms with Gasteiger partial charge in [-0.1, -0.05) is 27.2 Å². The molecule has 1 aliphatic rings. The average Bonchev–Trinajstić information content (AvgIpc) is 2.34. The first-order chi connectivity index (χ1) is 8.86. The van der Waals surface area contributed by atoms with Gasteiger partial charge < -0.3 is 20.1 Å². The van der Waals surface area contributed by atoms with Gasteiger partial charge in [0.2, 0.25) is 0 Å². The molecule has 1 aliphatic carbocycles. The molecule has 0 aromatic rings. The zero-order valence-corrected chi connectivity index (χ0v) is 12.0. The molecule has 0 radical (unpaired) electrons. The lowest BCUT2D eigenvalue weighted by atomic mass is 9.67. The summed E-state index contributed by atoms with van der Waals surface area (Å²) in [5.74, 6) is 1.19. The molecule has 0 bridgehead atoms. The fourth-order valence-electron chi connectivity index (χ4n) is 3.33. The third-order valence-corrected chi connectivity index (χ3v) is 4.30. The van der Waals surface area contributed by atoms with Crippen LogP contribution in [0.25, 0.3) is 0 Å². The maximum absolute atomic E-state index is 10.8. The number of hydrogen-bond donors (Lipinski definition) is 3. The monoisotopic (exact) mass is 274 g/mol. The van der Waals surface area contributed by atoms with Crippen molar-refractivity contribution in [3.05, 3.63) is 0 Å². The quantitative estimate of drug-likeness (QED) is 0.668. The van der Waals surface area contributed by atoms with Crippen molar-refractivity contribution >= 4 is 6.16 Å². The van der Waals surface area contributed by atoms with E-state index >= 15 is 0 Å². The van der Waals surface area contributed by atoms with Crippen LogP contribution < -0.4 is 0 Å². The van der Waals surface area contributed by atoms with Gasteiger partial charge in [0.25, 0.3) is 0 Å². The van der Waals surface area contributed by atoms with E-state index in [9.17, 15) is 9.90 Å². The second-order valence-electron chi connectivity index (χ2n) is 6.09. The van der Waals surface area contributed by atoms with Gasteiger partial charge in [-0.2, -0.15) is 0 Å². The number of rotatable bonds is 5. The van der Waals surface area contributed by atoms with E-state index in [4.69, 9.17) is 14.9 Å². The van der Waals surface area contributed by atoms with Gasteiger partial charge in [0.15, 0.2) is 0 Å². The van der Waals surface area contributed by atoms with Crippen LogP contribution in [0.3, 0.4) is 0 Å². The number of aliphatic hydroxyl groups excluding tert-OH is 2. The van der Waals surface area contributed by atoms with Crippen LogP contribution in [0.5, 0.6) is 0 Å². The molecule has 5 nitrogen and oxygen atoms in total. The summed E-state index contributed by atoms with van der Waals surface area (Å²) < 4.78 is 4.88. The molecule has 1 rings (SSSR count). The van der Waals surface area contributed by atoms with Crippen LogP contribution in [-0.2, 0) is 4.74 Å². The van der Waals surface area contributed by atoms with Gasteiger partial charge in [-0.3, -0.25) is 0 Å². The maximum atomic E-state index is 10.8. The third-order valence-electron chi connectivity index (χ3n) is 4.30. The molecule has 0 aromatic heterocycles. The molecule has 0 aliphatic heterocycles. The lowest BCUT2D eigenvalue weighted by molar-refractivity contribution is -0.0926. The Morgan fingerprint density at radius 1 is 1.32 bits per heavy atom. The Balaban J connectivity index is 2.90. The van der Waals surface area contributed by atoms with E-state index in [2.05, 4.69) is 20.8 Å². The molecule has 5 atom stereocenters. The molecule has 19 heavy (non-hydrogen) atoms. The fourth-order valence-corrected chi connectivity index (χ4v) is 3.33. The van der Waals surface area contributed by atoms with Gasteiger partial charge in [0.1, 0.15) is 12.2 Å². The minimum absolute atomic E-state index is 0.0259. The van der Waals surface area contributed by atoms with E-state index in [1.807, 2.05) is 0 Å². The molecule has 1 saturated carbocycles. The Hall–Kier alpha value is -0.810. The molecule has 0 aromatic carbocycles. The summed E-state index contributed by atoms with van der Waals surface area (Å²) in [7, 11) is 0. The summed E-state index contributed by atoms with van der Waals surface area (Å²) in [6.45, 7) is 5.87. The van der Waals surface area contributed by atoms with Crippen molar-refractivity contribution in [3.63, 3.8) is 0 Å². The van der Waals surface area contributed by atoms with Crippen LogP contribution in [-0.4, -0.2) is 40.3 Å². The van der Waals surface area contributed by atoms with Crippen molar-refractivity contribution < 1.29 is 24.9 Å². The molecule has 5 heteroatoms. The molecule has 0 amide bonds. The van der Waals surface area contributed by atoms with Crippen LogP contribution in [0, 0.1) is 23.7 Å². The Kier molecular flexibility index (Phi) is 6.07. The minimum atomic E-state index is -1.39. The molecule has 5 unspecified atom stereocenters. The topological polar surface area (TPSA) is 87.0 Å². The highest BCUT2D eigenvalue weighted by atomic mass is 16.7. The number of ether oxygens (including phenoxy) is 1. The lowest BCUT2D eigenvalue weighted by Gasteiger charge is -2.41. The predicted octanol–water partition coefficient (Wildman–Crippen LogP) is 2.11. The van der Waals surface area contributed by atoms with Crippen molar-refractivity contribution in [2.45, 2.75) is 52.2 Å². The Morgan fingerprint density at radius 2 is 1.95 bits per heavy atom. The van der Waals surface area contributed by atoms with Crippen LogP contribution in [0.2, 0.25) is 0 Å². The molecule has 1 fully saturated rings. The molecule has 0 spiro atoms. The smallest absolute Gasteiger partial charge is 0.450 e. The summed E-state index contributed by atoms with van der Waals surface area (Å²) >= 11 is 0. The zero-order chi connectivity index (χ0) is 14.6. The second-order valence-corrected chi connectivity index (χ2v) is 6.09. The van der Waals surface area contributed by atoms with Crippen molar-refractivity contribution in [3.8, 4) is 0 Å². The first kappa shape index (κ1) is 16.2. The first-order valence-electron chi connectivity index (χ1n) is 7.05. The Morgan fingerprint density at radius 3 is 2.42 bits per heavy atom. The number of carboxylic acid groups (broad SMARTS) is 1. The average molecular weight is 274 g/mol. The summed E-state index contributed by atoms with van der Waals surface area (Å²) in [4.78, 5) is 10.8. The predicted molar refractivity (Wildman–Crippen MR) is 70.8 cm³/mol. The van der Waals surface area contributed by atoms with Gasteiger partial charge in [0.05, 0.1) is 6.61 Å². The van der Waals surface area contributed by atoms with Crippen LogP contribution >= 0.6 is 0 Å². The third kappa shape index (κ3) is 4.35. The molecule has 0 saturated heterocycles. The molecule has 112 valence electrons. The molecule has 0 heterocycles. The van der Waals surface area contributed by atoms with Crippen LogP contribution in [0.1, 0.15) is 40.0 Å². The van der Waals surface area contributed by atoms with Gasteiger partial charge in [-0.15, -0.1) is 0 Å². The van der Waals surface area contributed by atoms with E-state index in [0.29, 0.717) is 17.8 Å². The van der Waals surface area contributed by atoms with E-state index in [0.717, 1.165) is 19.3 Å². The van der Waals surface area contributed by atoms with Crippen molar-refractivity contribution in [2.75, 3.05) is 6.61 Å². The number of hydrogen-bond acceptors (Lipinski definition) is 4. The largest absolute Gasteiger partial charge is 0.506 e. The van der Waals surface area contributed by atoms with Crippen molar-refractivity contribution in [2.24, 2.45) is 23.7 Å². The Bertz CT molecular complexity index is 292. The van der Waals surface area contributed by atoms with Gasteiger partial charge >= 0.3 is 6.16 Å². The summed E-state index contributed by atoms with van der Waals surface area (Å²) in [5, 5.41) is 27.8. The van der Waals surface area contributed by atoms with Gasteiger partial charge in [-0.25, -0.2) is 4.79 Å². The van der Waals surface area contributed by atoms with E-state index < -0.39 is 25.0 Å². The summed E-state index contributed by atoms with van der Waals surface area (Å²) in [6.07, 6.45) is -0.406. The standard InChI is InChI=1S/C14H26O5/c1-8(2)10-5-4-9(3)6-11(10)13(12(16)7-15)19-14(17)18/h8-13,15-16H,4-7H2,1-3H3,(H,17,18). The van der Waals surface area contributed by atoms with Crippen LogP contribution in [0.15, 0.2) is 0 Å². The number of carbonyl (C=O) groups is 1. The summed E-state index contributed by atoms with van der Waals surface area (Å²) in [6, 6.07) is 0. The van der Waals surface area contributed by atoms with Crippen molar-refractivity contribution in [1.82, 2.24) is 0 Å². The maximum Gasteiger partial charge on any atom is 0.506 e. The molecular formula is C14H26O5. The van der Waals surface area contributed by atoms with Crippen molar-refractivity contribution in [1.29, 1.82) is 0 Å². The normalized spacial score (nSPS) is 30.9. The lowest BCUT2D eigenvalue weighted by Crippen LogP contribution is -2.46. The zero-order valence-electron chi connectivity index (χ0n) is 12.0. The van der Waals surface area contributed by atoms with E-state index in [1.165, 1.54) is 0 Å². The highest BCUT2D eigenvalue weighted by Gasteiger charge is 2.40. The summed E-state index contributed by atoms with van der Waals surface area (Å²) in [5.41, 5.74) is 0. The first-order valence-corrected chi connectivity index (χ1v) is 7.05. The van der Waals surface area contributed by atoms with E-state index in [1.54, 1.807) is 0 Å². The minimum Gasteiger partial charge on any atom is -0.450 e. The number of aliphatic hydroxyl groups is 2. The molecular weight excluding hydrogens is 248 g/mol. The Labute approximate surface area is 114 Å². The fraction of sp³-hybridized carbons (Fsp3) is 0.929. The molecule has 3 N–H and O–H groups in total. The van der Waals surface area contributed by atoms with Gasteiger partial charge in [0, 0.05) is 5.92 Å². The van der Waals surface area contributed by atoms with Crippen LogP contribution in [0.4, 0.5) is 4.79 Å². The van der Waals surface area contributed by atoms with E-state index in [-0.39, 0.29) is 5.92 Å². The SMILES string of the molecule is CC1CCC(C(C)C)C(C(OC(=O)O)C(O)CO)C1. The van der Waals surface area contributed by atoms with Gasteiger partial charge in [-0.05, 0) is 30.6 Å².